The van der Waals surface area contributed by atoms with E-state index in [1.807, 2.05) is 13.8 Å². The minimum absolute atomic E-state index is 0.00669. The lowest BCUT2D eigenvalue weighted by Gasteiger charge is -2.28. The van der Waals surface area contributed by atoms with Crippen molar-refractivity contribution >= 4 is 23.6 Å². The third kappa shape index (κ3) is 6.68. The van der Waals surface area contributed by atoms with Crippen LogP contribution >= 0.6 is 11.8 Å². The molecule has 0 aromatic carbocycles. The second kappa shape index (κ2) is 6.75. The highest BCUT2D eigenvalue weighted by atomic mass is 32.2. The van der Waals surface area contributed by atoms with Crippen LogP contribution in [0, 0.1) is 5.41 Å². The maximum Gasteiger partial charge on any atom is 0.232 e. The van der Waals surface area contributed by atoms with Gasteiger partial charge in [0.1, 0.15) is 0 Å². The number of carbonyl (C=O) groups is 2. The van der Waals surface area contributed by atoms with Gasteiger partial charge in [-0.2, -0.15) is 0 Å². The molecule has 94 valence electrons. The van der Waals surface area contributed by atoms with Gasteiger partial charge >= 0.3 is 0 Å². The van der Waals surface area contributed by atoms with E-state index in [1.54, 1.807) is 11.9 Å². The summed E-state index contributed by atoms with van der Waals surface area (Å²) in [4.78, 5) is 23.8. The quantitative estimate of drug-likeness (QED) is 0.643. The molecule has 5 nitrogen and oxygen atoms in total. The first-order valence-electron chi connectivity index (χ1n) is 5.08. The number of amides is 2. The van der Waals surface area contributed by atoms with Crippen molar-refractivity contribution in [2.75, 3.05) is 31.6 Å². The average molecular weight is 247 g/mol. The van der Waals surface area contributed by atoms with Crippen LogP contribution in [0.4, 0.5) is 0 Å². The zero-order valence-corrected chi connectivity index (χ0v) is 11.0. The van der Waals surface area contributed by atoms with Crippen molar-refractivity contribution in [2.45, 2.75) is 13.8 Å². The summed E-state index contributed by atoms with van der Waals surface area (Å²) in [5.41, 5.74) is 10.5. The maximum absolute atomic E-state index is 11.6. The molecule has 0 rings (SSSR count). The van der Waals surface area contributed by atoms with Crippen LogP contribution in [0.5, 0.6) is 0 Å². The molecule has 0 aliphatic heterocycles. The molecule has 0 radical (unpaired) electrons. The standard InChI is InChI=1S/C10H21N3O2S/c1-10(2,6-11)7-13(3)9(15)5-16-4-8(12)14/h4-7,11H2,1-3H3,(H2,12,14). The van der Waals surface area contributed by atoms with Crippen LogP contribution in [0.1, 0.15) is 13.8 Å². The third-order valence-electron chi connectivity index (χ3n) is 2.11. The van der Waals surface area contributed by atoms with E-state index in [2.05, 4.69) is 0 Å². The fraction of sp³-hybridized carbons (Fsp3) is 0.800. The molecule has 0 heterocycles. The van der Waals surface area contributed by atoms with E-state index < -0.39 is 5.91 Å². The van der Waals surface area contributed by atoms with Crippen LogP contribution in [-0.4, -0.2) is 48.4 Å². The topological polar surface area (TPSA) is 89.4 Å². The fourth-order valence-electron chi connectivity index (χ4n) is 1.14. The molecule has 0 bridgehead atoms. The Morgan fingerprint density at radius 2 is 1.88 bits per heavy atom. The summed E-state index contributed by atoms with van der Waals surface area (Å²) in [5, 5.41) is 0. The molecule has 0 aromatic heterocycles. The molecule has 0 saturated heterocycles. The summed E-state index contributed by atoms with van der Waals surface area (Å²) in [6, 6.07) is 0. The van der Waals surface area contributed by atoms with Crippen molar-refractivity contribution in [3.05, 3.63) is 0 Å². The summed E-state index contributed by atoms with van der Waals surface area (Å²) in [5.74, 6) is 0.0514. The Bertz CT molecular complexity index is 256. The van der Waals surface area contributed by atoms with Gasteiger partial charge in [-0.3, -0.25) is 9.59 Å². The highest BCUT2D eigenvalue weighted by Gasteiger charge is 2.20. The van der Waals surface area contributed by atoms with Gasteiger partial charge in [0.15, 0.2) is 0 Å². The third-order valence-corrected chi connectivity index (χ3v) is 3.05. The summed E-state index contributed by atoms with van der Waals surface area (Å²) >= 11 is 1.23. The maximum atomic E-state index is 11.6. The molecular weight excluding hydrogens is 226 g/mol. The Morgan fingerprint density at radius 3 is 2.31 bits per heavy atom. The zero-order valence-electron chi connectivity index (χ0n) is 10.2. The van der Waals surface area contributed by atoms with Gasteiger partial charge in [-0.1, -0.05) is 13.8 Å². The number of nitrogens with zero attached hydrogens (tertiary/aromatic N) is 1. The lowest BCUT2D eigenvalue weighted by atomic mass is 9.93. The number of primary amides is 1. The molecular formula is C10H21N3O2S. The highest BCUT2D eigenvalue weighted by molar-refractivity contribution is 8.00. The molecule has 0 aromatic rings. The predicted molar refractivity (Wildman–Crippen MR) is 67.0 cm³/mol. The van der Waals surface area contributed by atoms with Crippen LogP contribution in [0.2, 0.25) is 0 Å². The van der Waals surface area contributed by atoms with Gasteiger partial charge in [0.2, 0.25) is 11.8 Å². The number of hydrogen-bond acceptors (Lipinski definition) is 4. The predicted octanol–water partition coefficient (Wildman–Crippen LogP) is -0.352. The Morgan fingerprint density at radius 1 is 1.31 bits per heavy atom. The van der Waals surface area contributed by atoms with E-state index in [1.165, 1.54) is 11.8 Å². The highest BCUT2D eigenvalue weighted by Crippen LogP contribution is 2.14. The molecule has 0 aliphatic carbocycles. The second-order valence-corrected chi connectivity index (χ2v) is 5.56. The summed E-state index contributed by atoms with van der Waals surface area (Å²) in [7, 11) is 1.74. The van der Waals surface area contributed by atoms with E-state index >= 15 is 0 Å². The molecule has 0 saturated carbocycles. The van der Waals surface area contributed by atoms with Crippen molar-refractivity contribution < 1.29 is 9.59 Å². The van der Waals surface area contributed by atoms with Gasteiger partial charge in [0.05, 0.1) is 11.5 Å². The minimum Gasteiger partial charge on any atom is -0.369 e. The van der Waals surface area contributed by atoms with Crippen LogP contribution in [-0.2, 0) is 9.59 Å². The van der Waals surface area contributed by atoms with Gasteiger partial charge in [-0.15, -0.1) is 11.8 Å². The Balaban J connectivity index is 3.95. The van der Waals surface area contributed by atoms with Crippen LogP contribution in [0.3, 0.4) is 0 Å². The Kier molecular flexibility index (Phi) is 6.43. The summed E-state index contributed by atoms with van der Waals surface area (Å²) < 4.78 is 0. The lowest BCUT2D eigenvalue weighted by molar-refractivity contribution is -0.128. The SMILES string of the molecule is CN(CC(C)(C)CN)C(=O)CSCC(N)=O. The minimum atomic E-state index is -0.400. The molecule has 0 atom stereocenters. The molecule has 0 unspecified atom stereocenters. The fourth-order valence-corrected chi connectivity index (χ4v) is 1.84. The number of hydrogen-bond donors (Lipinski definition) is 2. The second-order valence-electron chi connectivity index (χ2n) is 4.58. The summed E-state index contributed by atoms with van der Waals surface area (Å²) in [6.45, 7) is 5.15. The van der Waals surface area contributed by atoms with Crippen LogP contribution in [0.25, 0.3) is 0 Å². The number of thioether (sulfide) groups is 1. The van der Waals surface area contributed by atoms with Crippen molar-refractivity contribution in [1.29, 1.82) is 0 Å². The first-order chi connectivity index (χ1) is 7.28. The van der Waals surface area contributed by atoms with E-state index in [0.29, 0.717) is 13.1 Å². The Hall–Kier alpha value is -0.750. The number of carbonyl (C=O) groups excluding carboxylic acids is 2. The van der Waals surface area contributed by atoms with E-state index in [-0.39, 0.29) is 22.8 Å². The van der Waals surface area contributed by atoms with Gasteiger partial charge in [-0.25, -0.2) is 0 Å². The molecule has 0 spiro atoms. The van der Waals surface area contributed by atoms with Gasteiger partial charge in [0, 0.05) is 13.6 Å². The first kappa shape index (κ1) is 15.2. The van der Waals surface area contributed by atoms with Crippen molar-refractivity contribution in [1.82, 2.24) is 4.90 Å². The van der Waals surface area contributed by atoms with Crippen molar-refractivity contribution in [3.63, 3.8) is 0 Å². The van der Waals surface area contributed by atoms with Gasteiger partial charge in [-0.05, 0) is 12.0 Å². The van der Waals surface area contributed by atoms with E-state index in [9.17, 15) is 9.59 Å². The van der Waals surface area contributed by atoms with Gasteiger partial charge < -0.3 is 16.4 Å². The van der Waals surface area contributed by atoms with Crippen LogP contribution < -0.4 is 11.5 Å². The zero-order chi connectivity index (χ0) is 12.8. The first-order valence-corrected chi connectivity index (χ1v) is 6.24. The molecule has 6 heteroatoms. The molecule has 16 heavy (non-hydrogen) atoms. The number of nitrogens with two attached hydrogens (primary N) is 2. The molecule has 0 fully saturated rings. The smallest absolute Gasteiger partial charge is 0.232 e. The largest absolute Gasteiger partial charge is 0.369 e. The lowest BCUT2D eigenvalue weighted by Crippen LogP contribution is -2.40. The average Bonchev–Trinajstić information content (AvgIpc) is 2.16. The molecule has 4 N–H and O–H groups in total. The van der Waals surface area contributed by atoms with Gasteiger partial charge in [0.25, 0.3) is 0 Å². The van der Waals surface area contributed by atoms with E-state index in [4.69, 9.17) is 11.5 Å². The van der Waals surface area contributed by atoms with Crippen molar-refractivity contribution in [2.24, 2.45) is 16.9 Å². The number of rotatable bonds is 7. The normalized spacial score (nSPS) is 11.2. The molecule has 0 aliphatic rings. The van der Waals surface area contributed by atoms with Crippen LogP contribution in [0.15, 0.2) is 0 Å². The van der Waals surface area contributed by atoms with E-state index in [0.717, 1.165) is 0 Å². The monoisotopic (exact) mass is 247 g/mol. The Labute approximate surface area is 101 Å². The summed E-state index contributed by atoms with van der Waals surface area (Å²) in [6.07, 6.45) is 0. The van der Waals surface area contributed by atoms with Crippen molar-refractivity contribution in [3.8, 4) is 0 Å². The molecule has 2 amide bonds.